The van der Waals surface area contributed by atoms with Gasteiger partial charge < -0.3 is 9.73 Å². The monoisotopic (exact) mass is 331 g/mol. The fraction of sp³-hybridized carbons (Fsp3) is 0.412. The molecule has 1 aliphatic heterocycles. The molecule has 1 amide bonds. The molecule has 6 heteroatoms. The number of thiophene rings is 1. The zero-order valence-electron chi connectivity index (χ0n) is 13.5. The van der Waals surface area contributed by atoms with Gasteiger partial charge in [-0.05, 0) is 30.4 Å². The van der Waals surface area contributed by atoms with Crippen LogP contribution in [0.2, 0.25) is 0 Å². The molecule has 1 aliphatic rings. The van der Waals surface area contributed by atoms with Gasteiger partial charge in [0.05, 0.1) is 10.6 Å². The Morgan fingerprint density at radius 1 is 1.52 bits per heavy atom. The zero-order valence-corrected chi connectivity index (χ0v) is 14.3. The second-order valence-electron chi connectivity index (χ2n) is 5.77. The Morgan fingerprint density at radius 3 is 3.13 bits per heavy atom. The lowest BCUT2D eigenvalue weighted by molar-refractivity contribution is -0.118. The maximum atomic E-state index is 11.0. The summed E-state index contributed by atoms with van der Waals surface area (Å²) in [6.07, 6.45) is 3.22. The molecular formula is C17H21N3O2S. The second kappa shape index (κ2) is 7.10. The average molecular weight is 331 g/mol. The first-order valence-corrected chi connectivity index (χ1v) is 8.64. The topological polar surface area (TPSA) is 58.4 Å². The lowest BCUT2D eigenvalue weighted by Gasteiger charge is -2.26. The molecule has 0 aromatic carbocycles. The van der Waals surface area contributed by atoms with Crippen LogP contribution < -0.4 is 5.32 Å². The maximum Gasteiger partial charge on any atom is 0.236 e. The molecule has 5 nitrogen and oxygen atoms in total. The van der Waals surface area contributed by atoms with Crippen molar-refractivity contribution in [1.82, 2.24) is 15.2 Å². The molecule has 0 radical (unpaired) electrons. The summed E-state index contributed by atoms with van der Waals surface area (Å²) in [7, 11) is 0. The van der Waals surface area contributed by atoms with Gasteiger partial charge in [-0.2, -0.15) is 0 Å². The lowest BCUT2D eigenvalue weighted by Crippen LogP contribution is -2.34. The predicted molar refractivity (Wildman–Crippen MR) is 91.2 cm³/mol. The number of amides is 1. The molecule has 0 aliphatic carbocycles. The third kappa shape index (κ3) is 4.09. The number of aryl methyl sites for hydroxylation is 1. The second-order valence-corrected chi connectivity index (χ2v) is 6.72. The minimum Gasteiger partial charge on any atom is -0.440 e. The van der Waals surface area contributed by atoms with Gasteiger partial charge in [0, 0.05) is 33.1 Å². The van der Waals surface area contributed by atoms with E-state index in [1.165, 1.54) is 5.57 Å². The SMILES string of the molecule is CC(=O)NCC1=CCCN(Cc2nc(-c3cccs3)oc2C)C1. The molecule has 0 bridgehead atoms. The number of carbonyl (C=O) groups is 1. The van der Waals surface area contributed by atoms with Crippen LogP contribution in [0.4, 0.5) is 0 Å². The van der Waals surface area contributed by atoms with Gasteiger partial charge in [-0.1, -0.05) is 12.1 Å². The molecule has 0 fully saturated rings. The molecule has 0 unspecified atom stereocenters. The van der Waals surface area contributed by atoms with Crippen LogP contribution in [0.1, 0.15) is 24.8 Å². The van der Waals surface area contributed by atoms with Crippen LogP contribution in [-0.2, 0) is 11.3 Å². The van der Waals surface area contributed by atoms with E-state index in [1.807, 2.05) is 24.4 Å². The van der Waals surface area contributed by atoms with E-state index >= 15 is 0 Å². The van der Waals surface area contributed by atoms with Crippen molar-refractivity contribution in [2.24, 2.45) is 0 Å². The molecule has 2 aromatic heterocycles. The van der Waals surface area contributed by atoms with Gasteiger partial charge >= 0.3 is 0 Å². The number of rotatable bonds is 5. The molecule has 0 saturated heterocycles. The summed E-state index contributed by atoms with van der Waals surface area (Å²) in [5.41, 5.74) is 2.25. The summed E-state index contributed by atoms with van der Waals surface area (Å²) in [5.74, 6) is 1.60. The zero-order chi connectivity index (χ0) is 16.2. The standard InChI is InChI=1S/C17H21N3O2S/c1-12-15(19-17(22-12)16-6-4-8-23-16)11-20-7-3-5-14(10-20)9-18-13(2)21/h4-6,8H,3,7,9-11H2,1-2H3,(H,18,21). The van der Waals surface area contributed by atoms with Gasteiger partial charge in [-0.15, -0.1) is 11.3 Å². The molecule has 23 heavy (non-hydrogen) atoms. The first-order valence-electron chi connectivity index (χ1n) is 7.76. The van der Waals surface area contributed by atoms with Crippen LogP contribution in [0.25, 0.3) is 10.8 Å². The van der Waals surface area contributed by atoms with Crippen LogP contribution in [0.5, 0.6) is 0 Å². The maximum absolute atomic E-state index is 11.0. The van der Waals surface area contributed by atoms with Crippen molar-refractivity contribution in [3.05, 3.63) is 40.6 Å². The summed E-state index contributed by atoms with van der Waals surface area (Å²) in [6.45, 7) is 6.79. The summed E-state index contributed by atoms with van der Waals surface area (Å²) < 4.78 is 5.81. The van der Waals surface area contributed by atoms with Gasteiger partial charge in [0.1, 0.15) is 5.76 Å². The van der Waals surface area contributed by atoms with Crippen LogP contribution in [0.3, 0.4) is 0 Å². The first kappa shape index (κ1) is 16.0. The lowest BCUT2D eigenvalue weighted by atomic mass is 10.1. The van der Waals surface area contributed by atoms with E-state index in [2.05, 4.69) is 21.3 Å². The molecule has 0 spiro atoms. The Bertz CT molecular complexity index is 704. The van der Waals surface area contributed by atoms with E-state index in [0.717, 1.165) is 42.4 Å². The van der Waals surface area contributed by atoms with E-state index in [-0.39, 0.29) is 5.91 Å². The molecule has 0 saturated carbocycles. The molecule has 2 aromatic rings. The number of nitrogens with one attached hydrogen (secondary N) is 1. The van der Waals surface area contributed by atoms with Crippen molar-refractivity contribution in [2.45, 2.75) is 26.8 Å². The van der Waals surface area contributed by atoms with Crippen LogP contribution in [-0.4, -0.2) is 35.4 Å². The number of oxazole rings is 1. The van der Waals surface area contributed by atoms with Gasteiger partial charge in [-0.25, -0.2) is 4.98 Å². The number of nitrogens with zero attached hydrogens (tertiary/aromatic N) is 2. The van der Waals surface area contributed by atoms with Crippen LogP contribution >= 0.6 is 11.3 Å². The normalized spacial score (nSPS) is 15.5. The van der Waals surface area contributed by atoms with E-state index in [4.69, 9.17) is 4.42 Å². The summed E-state index contributed by atoms with van der Waals surface area (Å²) in [4.78, 5) is 19.1. The number of hydrogen-bond acceptors (Lipinski definition) is 5. The Balaban J connectivity index is 1.63. The van der Waals surface area contributed by atoms with E-state index < -0.39 is 0 Å². The third-order valence-corrected chi connectivity index (χ3v) is 4.73. The van der Waals surface area contributed by atoms with Crippen molar-refractivity contribution < 1.29 is 9.21 Å². The molecule has 3 heterocycles. The highest BCUT2D eigenvalue weighted by atomic mass is 32.1. The quantitative estimate of drug-likeness (QED) is 0.856. The molecule has 0 atom stereocenters. The van der Waals surface area contributed by atoms with Gasteiger partial charge in [0.2, 0.25) is 11.8 Å². The minimum atomic E-state index is 0.0101. The van der Waals surface area contributed by atoms with Crippen LogP contribution in [0.15, 0.2) is 33.6 Å². The largest absolute Gasteiger partial charge is 0.440 e. The van der Waals surface area contributed by atoms with E-state index in [0.29, 0.717) is 12.4 Å². The summed E-state index contributed by atoms with van der Waals surface area (Å²) in [6, 6.07) is 4.03. The Hall–Kier alpha value is -1.92. The average Bonchev–Trinajstić information content (AvgIpc) is 3.16. The highest BCUT2D eigenvalue weighted by molar-refractivity contribution is 7.13. The van der Waals surface area contributed by atoms with Gasteiger partial charge in [0.25, 0.3) is 0 Å². The summed E-state index contributed by atoms with van der Waals surface area (Å²) >= 11 is 1.63. The summed E-state index contributed by atoms with van der Waals surface area (Å²) in [5, 5.41) is 4.89. The van der Waals surface area contributed by atoms with E-state index in [9.17, 15) is 4.79 Å². The third-order valence-electron chi connectivity index (χ3n) is 3.87. The fourth-order valence-electron chi connectivity index (χ4n) is 2.68. The fourth-order valence-corrected chi connectivity index (χ4v) is 3.32. The molecule has 3 rings (SSSR count). The van der Waals surface area contributed by atoms with Gasteiger partial charge in [0.15, 0.2) is 0 Å². The van der Waals surface area contributed by atoms with Crippen molar-refractivity contribution in [3.8, 4) is 10.8 Å². The smallest absolute Gasteiger partial charge is 0.236 e. The first-order chi connectivity index (χ1) is 11.1. The van der Waals surface area contributed by atoms with E-state index in [1.54, 1.807) is 18.3 Å². The molecular weight excluding hydrogens is 310 g/mol. The minimum absolute atomic E-state index is 0.0101. The highest BCUT2D eigenvalue weighted by Crippen LogP contribution is 2.26. The number of hydrogen-bond donors (Lipinski definition) is 1. The van der Waals surface area contributed by atoms with Crippen LogP contribution in [0, 0.1) is 6.92 Å². The predicted octanol–water partition coefficient (Wildman–Crippen LogP) is 2.98. The Labute approximate surface area is 140 Å². The van der Waals surface area contributed by atoms with Crippen molar-refractivity contribution in [3.63, 3.8) is 0 Å². The van der Waals surface area contributed by atoms with Gasteiger partial charge in [-0.3, -0.25) is 9.69 Å². The van der Waals surface area contributed by atoms with Crippen molar-refractivity contribution in [1.29, 1.82) is 0 Å². The molecule has 1 N–H and O–H groups in total. The van der Waals surface area contributed by atoms with Crippen molar-refractivity contribution >= 4 is 17.2 Å². The Kier molecular flexibility index (Phi) is 4.93. The Morgan fingerprint density at radius 2 is 2.39 bits per heavy atom. The number of carbonyl (C=O) groups excluding carboxylic acids is 1. The van der Waals surface area contributed by atoms with Crippen molar-refractivity contribution in [2.75, 3.05) is 19.6 Å². The highest BCUT2D eigenvalue weighted by Gasteiger charge is 2.18. The molecule has 122 valence electrons. The number of aromatic nitrogens is 1.